The summed E-state index contributed by atoms with van der Waals surface area (Å²) in [6.45, 7) is 2.78. The number of piperidine rings is 1. The molecule has 1 fully saturated rings. The number of rotatable bonds is 6. The molecule has 0 spiro atoms. The summed E-state index contributed by atoms with van der Waals surface area (Å²) in [4.78, 5) is 0.0265. The molecule has 9 heteroatoms. The van der Waals surface area contributed by atoms with Gasteiger partial charge in [0.1, 0.15) is 17.2 Å². The third kappa shape index (κ3) is 4.49. The number of methoxy groups -OCH3 is 3. The number of nitrogens with zero attached hydrogens (tertiary/aromatic N) is 1. The maximum atomic E-state index is 13.2. The molecule has 1 aliphatic rings. The predicted octanol–water partition coefficient (Wildman–Crippen LogP) is 1.88. The van der Waals surface area contributed by atoms with Gasteiger partial charge in [-0.2, -0.15) is 4.31 Å². The van der Waals surface area contributed by atoms with Crippen LogP contribution < -0.4 is 19.9 Å². The van der Waals surface area contributed by atoms with E-state index in [0.717, 1.165) is 12.8 Å². The van der Waals surface area contributed by atoms with Gasteiger partial charge in [0.05, 0.1) is 21.3 Å². The Balaban J connectivity index is 0.00000312. The molecule has 0 aliphatic carbocycles. The molecule has 1 heterocycles. The average Bonchev–Trinajstić information content (AvgIpc) is 2.60. The van der Waals surface area contributed by atoms with Crippen LogP contribution in [0.4, 0.5) is 0 Å². The first-order valence-corrected chi connectivity index (χ1v) is 9.34. The monoisotopic (exact) mass is 394 g/mol. The molecule has 1 aliphatic heterocycles. The SMILES string of the molecule is COc1cc(OC)c(S(=O)(=O)N2CCCC(C(C)N)C2)c(OC)c1.Cl. The molecule has 0 amide bonds. The van der Waals surface area contributed by atoms with Crippen molar-refractivity contribution in [2.45, 2.75) is 30.7 Å². The van der Waals surface area contributed by atoms with E-state index in [1.807, 2.05) is 6.92 Å². The third-order valence-corrected chi connectivity index (χ3v) is 6.36. The molecule has 2 atom stereocenters. The second kappa shape index (κ2) is 8.93. The summed E-state index contributed by atoms with van der Waals surface area (Å²) in [5, 5.41) is 0. The van der Waals surface area contributed by atoms with Gasteiger partial charge in [-0.3, -0.25) is 0 Å². The first kappa shape index (κ1) is 21.8. The van der Waals surface area contributed by atoms with E-state index in [0.29, 0.717) is 18.8 Å². The molecule has 25 heavy (non-hydrogen) atoms. The van der Waals surface area contributed by atoms with Gasteiger partial charge < -0.3 is 19.9 Å². The van der Waals surface area contributed by atoms with Crippen LogP contribution in [0.2, 0.25) is 0 Å². The lowest BCUT2D eigenvalue weighted by atomic mass is 9.93. The molecule has 144 valence electrons. The molecule has 0 saturated carbocycles. The first-order chi connectivity index (χ1) is 11.3. The van der Waals surface area contributed by atoms with E-state index in [-0.39, 0.29) is 40.8 Å². The maximum absolute atomic E-state index is 13.2. The fourth-order valence-corrected chi connectivity index (χ4v) is 4.79. The highest BCUT2D eigenvalue weighted by atomic mass is 35.5. The Hall–Kier alpha value is -1.22. The lowest BCUT2D eigenvalue weighted by Gasteiger charge is -2.34. The predicted molar refractivity (Wildman–Crippen MR) is 98.5 cm³/mol. The number of hydrogen-bond donors (Lipinski definition) is 1. The fourth-order valence-electron chi connectivity index (χ4n) is 2.98. The van der Waals surface area contributed by atoms with Crippen molar-refractivity contribution in [2.24, 2.45) is 11.7 Å². The molecular formula is C16H27ClN2O5S. The molecule has 0 bridgehead atoms. The zero-order chi connectivity index (χ0) is 17.9. The van der Waals surface area contributed by atoms with E-state index in [9.17, 15) is 8.42 Å². The number of nitrogens with two attached hydrogens (primary N) is 1. The van der Waals surface area contributed by atoms with E-state index < -0.39 is 10.0 Å². The van der Waals surface area contributed by atoms with Crippen LogP contribution in [-0.4, -0.2) is 53.2 Å². The molecule has 2 unspecified atom stereocenters. The van der Waals surface area contributed by atoms with Crippen LogP contribution >= 0.6 is 12.4 Å². The Morgan fingerprint density at radius 2 is 1.72 bits per heavy atom. The van der Waals surface area contributed by atoms with Gasteiger partial charge in [0.25, 0.3) is 0 Å². The Morgan fingerprint density at radius 1 is 1.16 bits per heavy atom. The summed E-state index contributed by atoms with van der Waals surface area (Å²) in [7, 11) is 0.583. The molecule has 1 saturated heterocycles. The van der Waals surface area contributed by atoms with Gasteiger partial charge in [-0.15, -0.1) is 12.4 Å². The minimum absolute atomic E-state index is 0. The zero-order valence-electron chi connectivity index (χ0n) is 15.0. The van der Waals surface area contributed by atoms with Gasteiger partial charge in [-0.05, 0) is 25.7 Å². The largest absolute Gasteiger partial charge is 0.496 e. The number of sulfonamides is 1. The molecule has 2 rings (SSSR count). The topological polar surface area (TPSA) is 91.1 Å². The van der Waals surface area contributed by atoms with Crippen molar-refractivity contribution < 1.29 is 22.6 Å². The number of ether oxygens (including phenoxy) is 3. The smallest absolute Gasteiger partial charge is 0.250 e. The van der Waals surface area contributed by atoms with Gasteiger partial charge in [-0.25, -0.2) is 8.42 Å². The van der Waals surface area contributed by atoms with Gasteiger partial charge in [0, 0.05) is 31.3 Å². The molecular weight excluding hydrogens is 368 g/mol. The van der Waals surface area contributed by atoms with E-state index in [4.69, 9.17) is 19.9 Å². The lowest BCUT2D eigenvalue weighted by Crippen LogP contribution is -2.45. The minimum Gasteiger partial charge on any atom is -0.496 e. The number of hydrogen-bond acceptors (Lipinski definition) is 6. The zero-order valence-corrected chi connectivity index (χ0v) is 16.7. The van der Waals surface area contributed by atoms with E-state index in [1.54, 1.807) is 12.1 Å². The van der Waals surface area contributed by atoms with Crippen molar-refractivity contribution in [3.63, 3.8) is 0 Å². The van der Waals surface area contributed by atoms with Crippen molar-refractivity contribution in [3.8, 4) is 17.2 Å². The van der Waals surface area contributed by atoms with Crippen LogP contribution in [0.15, 0.2) is 17.0 Å². The van der Waals surface area contributed by atoms with Crippen LogP contribution in [0.5, 0.6) is 17.2 Å². The second-order valence-electron chi connectivity index (χ2n) is 5.99. The highest BCUT2D eigenvalue weighted by Crippen LogP contribution is 2.40. The van der Waals surface area contributed by atoms with Crippen LogP contribution in [0.25, 0.3) is 0 Å². The van der Waals surface area contributed by atoms with Crippen molar-refractivity contribution in [2.75, 3.05) is 34.4 Å². The second-order valence-corrected chi connectivity index (χ2v) is 7.86. The third-order valence-electron chi connectivity index (χ3n) is 4.43. The first-order valence-electron chi connectivity index (χ1n) is 7.90. The molecule has 1 aromatic carbocycles. The molecule has 1 aromatic rings. The lowest BCUT2D eigenvalue weighted by molar-refractivity contribution is 0.241. The van der Waals surface area contributed by atoms with E-state index >= 15 is 0 Å². The maximum Gasteiger partial charge on any atom is 0.250 e. The quantitative estimate of drug-likeness (QED) is 0.792. The number of benzene rings is 1. The molecule has 2 N–H and O–H groups in total. The summed E-state index contributed by atoms with van der Waals surface area (Å²) in [5.41, 5.74) is 5.97. The van der Waals surface area contributed by atoms with Crippen LogP contribution in [0.3, 0.4) is 0 Å². The summed E-state index contributed by atoms with van der Waals surface area (Å²) < 4.78 is 43.6. The summed E-state index contributed by atoms with van der Waals surface area (Å²) in [6.07, 6.45) is 1.72. The normalized spacial score (nSPS) is 19.6. The Bertz CT molecular complexity index is 656. The van der Waals surface area contributed by atoms with Gasteiger partial charge >= 0.3 is 0 Å². The van der Waals surface area contributed by atoms with Crippen LogP contribution in [-0.2, 0) is 10.0 Å². The number of halogens is 1. The van der Waals surface area contributed by atoms with Crippen LogP contribution in [0.1, 0.15) is 19.8 Å². The average molecular weight is 395 g/mol. The summed E-state index contributed by atoms with van der Waals surface area (Å²) in [5.74, 6) is 1.02. The molecule has 0 aromatic heterocycles. The van der Waals surface area contributed by atoms with Crippen molar-refractivity contribution >= 4 is 22.4 Å². The molecule has 7 nitrogen and oxygen atoms in total. The standard InChI is InChI=1S/C16H26N2O5S.ClH/c1-11(17)12-6-5-7-18(10-12)24(19,20)16-14(22-3)8-13(21-2)9-15(16)23-4;/h8-9,11-12H,5-7,10,17H2,1-4H3;1H. The van der Waals surface area contributed by atoms with Gasteiger partial charge in [0.15, 0.2) is 4.90 Å². The Labute approximate surface area is 155 Å². The fraction of sp³-hybridized carbons (Fsp3) is 0.625. The Kier molecular flexibility index (Phi) is 7.80. The van der Waals surface area contributed by atoms with Crippen LogP contribution in [0, 0.1) is 5.92 Å². The summed E-state index contributed by atoms with van der Waals surface area (Å²) >= 11 is 0. The van der Waals surface area contributed by atoms with Crippen molar-refractivity contribution in [3.05, 3.63) is 12.1 Å². The van der Waals surface area contributed by atoms with E-state index in [2.05, 4.69) is 0 Å². The minimum atomic E-state index is -3.77. The Morgan fingerprint density at radius 3 is 2.16 bits per heavy atom. The highest BCUT2D eigenvalue weighted by molar-refractivity contribution is 7.89. The highest BCUT2D eigenvalue weighted by Gasteiger charge is 2.36. The summed E-state index contributed by atoms with van der Waals surface area (Å²) in [6, 6.07) is 3.03. The van der Waals surface area contributed by atoms with E-state index in [1.165, 1.54) is 25.6 Å². The molecule has 0 radical (unpaired) electrons. The van der Waals surface area contributed by atoms with Gasteiger partial charge in [0.2, 0.25) is 10.0 Å². The van der Waals surface area contributed by atoms with Crippen molar-refractivity contribution in [1.82, 2.24) is 4.31 Å². The van der Waals surface area contributed by atoms with Gasteiger partial charge in [-0.1, -0.05) is 0 Å². The van der Waals surface area contributed by atoms with Crippen molar-refractivity contribution in [1.29, 1.82) is 0 Å².